The number of rotatable bonds is 6. The van der Waals surface area contributed by atoms with E-state index in [1.165, 1.54) is 17.0 Å². The molecular weight excluding hydrogens is 280 g/mol. The van der Waals surface area contributed by atoms with Gasteiger partial charge < -0.3 is 14.7 Å². The molecule has 1 rings (SSSR count). The van der Waals surface area contributed by atoms with Gasteiger partial charge >= 0.3 is 6.61 Å². The molecule has 0 radical (unpaired) electrons. The van der Waals surface area contributed by atoms with E-state index in [4.69, 9.17) is 0 Å². The molecule has 0 aliphatic heterocycles. The molecule has 0 fully saturated rings. The van der Waals surface area contributed by atoms with Crippen LogP contribution in [0, 0.1) is 13.8 Å². The molecular formula is C15H21F2NO3. The number of benzene rings is 1. The second-order valence-electron chi connectivity index (χ2n) is 5.18. The Morgan fingerprint density at radius 3 is 2.29 bits per heavy atom. The monoisotopic (exact) mass is 301 g/mol. The molecule has 0 heterocycles. The summed E-state index contributed by atoms with van der Waals surface area (Å²) in [5.74, 6) is -0.112. The number of halogens is 2. The zero-order chi connectivity index (χ0) is 16.2. The second kappa shape index (κ2) is 7.36. The molecule has 1 aromatic rings. The molecule has 1 amide bonds. The minimum Gasteiger partial charge on any atom is -0.434 e. The lowest BCUT2D eigenvalue weighted by molar-refractivity contribution is -0.0507. The van der Waals surface area contributed by atoms with Crippen LogP contribution in [0.15, 0.2) is 12.1 Å². The quantitative estimate of drug-likeness (QED) is 0.879. The maximum Gasteiger partial charge on any atom is 0.387 e. The van der Waals surface area contributed by atoms with E-state index in [1.807, 2.05) is 0 Å². The molecule has 0 spiro atoms. The fourth-order valence-electron chi connectivity index (χ4n) is 2.05. The van der Waals surface area contributed by atoms with Crippen molar-refractivity contribution >= 4 is 5.91 Å². The fraction of sp³-hybridized carbons (Fsp3) is 0.533. The van der Waals surface area contributed by atoms with Gasteiger partial charge in [-0.2, -0.15) is 8.78 Å². The van der Waals surface area contributed by atoms with Crippen molar-refractivity contribution in [3.63, 3.8) is 0 Å². The largest absolute Gasteiger partial charge is 0.434 e. The van der Waals surface area contributed by atoms with Crippen LogP contribution >= 0.6 is 0 Å². The molecule has 1 aromatic carbocycles. The smallest absolute Gasteiger partial charge is 0.387 e. The highest BCUT2D eigenvalue weighted by molar-refractivity contribution is 5.94. The van der Waals surface area contributed by atoms with E-state index < -0.39 is 12.7 Å². The van der Waals surface area contributed by atoms with Gasteiger partial charge in [0.1, 0.15) is 5.75 Å². The van der Waals surface area contributed by atoms with Crippen molar-refractivity contribution in [3.8, 4) is 5.75 Å². The van der Waals surface area contributed by atoms with Gasteiger partial charge in [-0.15, -0.1) is 0 Å². The molecule has 1 N–H and O–H groups in total. The van der Waals surface area contributed by atoms with Crippen LogP contribution in [0.5, 0.6) is 5.75 Å². The number of ether oxygens (including phenoxy) is 1. The molecule has 6 heteroatoms. The van der Waals surface area contributed by atoms with Crippen LogP contribution in [0.3, 0.4) is 0 Å². The van der Waals surface area contributed by atoms with Gasteiger partial charge in [-0.3, -0.25) is 4.79 Å². The molecule has 118 valence electrons. The van der Waals surface area contributed by atoms with E-state index in [-0.39, 0.29) is 11.7 Å². The number of alkyl halides is 2. The maximum atomic E-state index is 12.3. The van der Waals surface area contributed by atoms with Crippen molar-refractivity contribution in [2.45, 2.75) is 39.9 Å². The molecule has 0 saturated heterocycles. The number of aliphatic hydroxyl groups is 1. The van der Waals surface area contributed by atoms with Crippen molar-refractivity contribution in [2.24, 2.45) is 0 Å². The average molecular weight is 301 g/mol. The maximum absolute atomic E-state index is 12.3. The van der Waals surface area contributed by atoms with E-state index in [0.29, 0.717) is 29.7 Å². The normalized spacial score (nSPS) is 12.4. The van der Waals surface area contributed by atoms with E-state index in [0.717, 1.165) is 0 Å². The van der Waals surface area contributed by atoms with Gasteiger partial charge in [0.2, 0.25) is 0 Å². The van der Waals surface area contributed by atoms with Crippen LogP contribution in [0.4, 0.5) is 8.78 Å². The number of amides is 1. The molecule has 0 aliphatic rings. The summed E-state index contributed by atoms with van der Waals surface area (Å²) in [6.07, 6.45) is -0.00203. The summed E-state index contributed by atoms with van der Waals surface area (Å²) in [5, 5.41) is 9.24. The first kappa shape index (κ1) is 17.4. The number of hydrogen-bond acceptors (Lipinski definition) is 3. The van der Waals surface area contributed by atoms with Crippen LogP contribution in [-0.4, -0.2) is 42.2 Å². The second-order valence-corrected chi connectivity index (χ2v) is 5.18. The van der Waals surface area contributed by atoms with Gasteiger partial charge in [0.25, 0.3) is 5.91 Å². The summed E-state index contributed by atoms with van der Waals surface area (Å²) in [6.45, 7) is 2.43. The SMILES string of the molecule is Cc1cc(C(=O)N(C)CCC(C)O)cc(C)c1OC(F)F. The van der Waals surface area contributed by atoms with Gasteiger partial charge in [0.05, 0.1) is 6.10 Å². The summed E-state index contributed by atoms with van der Waals surface area (Å²) in [6, 6.07) is 3.07. The number of aryl methyl sites for hydroxylation is 2. The lowest BCUT2D eigenvalue weighted by Gasteiger charge is -2.19. The molecule has 0 saturated carbocycles. The van der Waals surface area contributed by atoms with Crippen molar-refractivity contribution in [1.82, 2.24) is 4.90 Å². The third-order valence-electron chi connectivity index (χ3n) is 3.14. The van der Waals surface area contributed by atoms with Gasteiger partial charge in [0.15, 0.2) is 0 Å². The van der Waals surface area contributed by atoms with E-state index in [9.17, 15) is 18.7 Å². The number of hydrogen-bond donors (Lipinski definition) is 1. The standard InChI is InChI=1S/C15H21F2NO3/c1-9-7-12(8-10(2)13(9)21-15(16)17)14(20)18(4)6-5-11(3)19/h7-8,11,15,19H,5-6H2,1-4H3. The lowest BCUT2D eigenvalue weighted by atomic mass is 10.0. The zero-order valence-corrected chi connectivity index (χ0v) is 12.7. The highest BCUT2D eigenvalue weighted by Gasteiger charge is 2.17. The van der Waals surface area contributed by atoms with E-state index in [2.05, 4.69) is 4.74 Å². The summed E-state index contributed by atoms with van der Waals surface area (Å²) >= 11 is 0. The molecule has 1 atom stereocenters. The summed E-state index contributed by atoms with van der Waals surface area (Å²) in [5.41, 5.74) is 1.39. The third kappa shape index (κ3) is 4.97. The predicted molar refractivity (Wildman–Crippen MR) is 75.8 cm³/mol. The van der Waals surface area contributed by atoms with Crippen molar-refractivity contribution in [1.29, 1.82) is 0 Å². The minimum atomic E-state index is -2.89. The van der Waals surface area contributed by atoms with Crippen molar-refractivity contribution in [2.75, 3.05) is 13.6 Å². The Bertz CT molecular complexity index is 481. The van der Waals surface area contributed by atoms with Crippen LogP contribution < -0.4 is 4.74 Å². The summed E-state index contributed by atoms with van der Waals surface area (Å²) < 4.78 is 29.1. The number of aliphatic hydroxyl groups excluding tert-OH is 1. The van der Waals surface area contributed by atoms with Gasteiger partial charge in [-0.05, 0) is 50.5 Å². The van der Waals surface area contributed by atoms with Crippen LogP contribution in [0.25, 0.3) is 0 Å². The number of carbonyl (C=O) groups excluding carboxylic acids is 1. The Balaban J connectivity index is 2.91. The van der Waals surface area contributed by atoms with Crippen LogP contribution in [0.2, 0.25) is 0 Å². The highest BCUT2D eigenvalue weighted by atomic mass is 19.3. The molecule has 1 unspecified atom stereocenters. The Hall–Kier alpha value is -1.69. The van der Waals surface area contributed by atoms with Crippen LogP contribution in [-0.2, 0) is 0 Å². The van der Waals surface area contributed by atoms with Gasteiger partial charge in [-0.1, -0.05) is 0 Å². The lowest BCUT2D eigenvalue weighted by Crippen LogP contribution is -2.29. The summed E-state index contributed by atoms with van der Waals surface area (Å²) in [7, 11) is 1.64. The topological polar surface area (TPSA) is 49.8 Å². The van der Waals surface area contributed by atoms with Crippen molar-refractivity contribution in [3.05, 3.63) is 28.8 Å². The Morgan fingerprint density at radius 2 is 1.86 bits per heavy atom. The minimum absolute atomic E-state index is 0.105. The molecule has 4 nitrogen and oxygen atoms in total. The number of nitrogens with zero attached hydrogens (tertiary/aromatic N) is 1. The third-order valence-corrected chi connectivity index (χ3v) is 3.14. The highest BCUT2D eigenvalue weighted by Crippen LogP contribution is 2.27. The molecule has 21 heavy (non-hydrogen) atoms. The van der Waals surface area contributed by atoms with Crippen molar-refractivity contribution < 1.29 is 23.4 Å². The fourth-order valence-corrected chi connectivity index (χ4v) is 2.05. The Kier molecular flexibility index (Phi) is 6.08. The first-order valence-electron chi connectivity index (χ1n) is 6.72. The Labute approximate surface area is 123 Å². The van der Waals surface area contributed by atoms with E-state index in [1.54, 1.807) is 27.8 Å². The average Bonchev–Trinajstić information content (AvgIpc) is 2.38. The number of carbonyl (C=O) groups is 1. The predicted octanol–water partition coefficient (Wildman–Crippen LogP) is 2.75. The first-order chi connectivity index (χ1) is 9.72. The molecule has 0 bridgehead atoms. The molecule has 0 aliphatic carbocycles. The first-order valence-corrected chi connectivity index (χ1v) is 6.72. The van der Waals surface area contributed by atoms with E-state index >= 15 is 0 Å². The zero-order valence-electron chi connectivity index (χ0n) is 12.7. The van der Waals surface area contributed by atoms with Crippen LogP contribution in [0.1, 0.15) is 34.8 Å². The summed E-state index contributed by atoms with van der Waals surface area (Å²) in [4.78, 5) is 13.7. The molecule has 0 aromatic heterocycles. The Morgan fingerprint density at radius 1 is 1.33 bits per heavy atom. The van der Waals surface area contributed by atoms with Gasteiger partial charge in [-0.25, -0.2) is 0 Å². The van der Waals surface area contributed by atoms with Gasteiger partial charge in [0, 0.05) is 19.2 Å².